The van der Waals surface area contributed by atoms with Crippen LogP contribution in [0.5, 0.6) is 0 Å². The van der Waals surface area contributed by atoms with Crippen LogP contribution < -0.4 is 5.32 Å². The molecule has 2 heterocycles. The van der Waals surface area contributed by atoms with Crippen LogP contribution in [-0.4, -0.2) is 66.5 Å². The van der Waals surface area contributed by atoms with Crippen LogP contribution in [0.3, 0.4) is 0 Å². The number of hydrogen-bond donors (Lipinski definition) is 1. The predicted octanol–water partition coefficient (Wildman–Crippen LogP) is 1.45. The minimum Gasteiger partial charge on any atom is -0.356 e. The summed E-state index contributed by atoms with van der Waals surface area (Å²) < 4.78 is 5.65. The van der Waals surface area contributed by atoms with Gasteiger partial charge in [0, 0.05) is 30.2 Å². The van der Waals surface area contributed by atoms with E-state index in [1.165, 1.54) is 0 Å². The Morgan fingerprint density at radius 1 is 1.32 bits per heavy atom. The number of carbonyl (C=O) groups is 2. The Hall–Kier alpha value is -1.63. The number of amides is 2. The van der Waals surface area contributed by atoms with E-state index < -0.39 is 12.1 Å². The van der Waals surface area contributed by atoms with Crippen LogP contribution in [0.2, 0.25) is 5.02 Å². The number of benzene rings is 1. The molecule has 3 rings (SSSR count). The van der Waals surface area contributed by atoms with Gasteiger partial charge in [-0.2, -0.15) is 0 Å². The summed E-state index contributed by atoms with van der Waals surface area (Å²) in [5.41, 5.74) is 0.593. The van der Waals surface area contributed by atoms with Gasteiger partial charge in [0.05, 0.1) is 6.04 Å². The zero-order chi connectivity index (χ0) is 18.2. The Morgan fingerprint density at radius 3 is 2.72 bits per heavy atom. The van der Waals surface area contributed by atoms with E-state index in [2.05, 4.69) is 31.1 Å². The van der Waals surface area contributed by atoms with Crippen molar-refractivity contribution in [2.45, 2.75) is 31.5 Å². The molecule has 2 aliphatic heterocycles. The largest absolute Gasteiger partial charge is 0.356 e. The molecule has 7 heteroatoms. The number of carbonyl (C=O) groups excluding carboxylic acids is 2. The molecule has 0 unspecified atom stereocenters. The second-order valence-electron chi connectivity index (χ2n) is 7.29. The Balaban J connectivity index is 1.84. The van der Waals surface area contributed by atoms with E-state index in [9.17, 15) is 9.59 Å². The number of halogens is 1. The Bertz CT molecular complexity index is 679. The second kappa shape index (κ2) is 6.94. The first-order valence-electron chi connectivity index (χ1n) is 8.45. The van der Waals surface area contributed by atoms with Crippen molar-refractivity contribution in [3.8, 4) is 0 Å². The molecule has 2 aliphatic rings. The molecule has 25 heavy (non-hydrogen) atoms. The van der Waals surface area contributed by atoms with Gasteiger partial charge in [-0.05, 0) is 32.5 Å². The zero-order valence-corrected chi connectivity index (χ0v) is 15.5. The number of nitrogens with zero attached hydrogens (tertiary/aromatic N) is 2. The highest BCUT2D eigenvalue weighted by molar-refractivity contribution is 6.31. The number of hydrogen-bond acceptors (Lipinski definition) is 4. The Morgan fingerprint density at radius 2 is 2.04 bits per heavy atom. The van der Waals surface area contributed by atoms with Gasteiger partial charge in [-0.25, -0.2) is 0 Å². The first-order valence-corrected chi connectivity index (χ1v) is 8.83. The van der Waals surface area contributed by atoms with Gasteiger partial charge in [0.25, 0.3) is 5.91 Å². The highest BCUT2D eigenvalue weighted by Crippen LogP contribution is 2.30. The number of morpholine rings is 1. The Kier molecular flexibility index (Phi) is 5.04. The van der Waals surface area contributed by atoms with Crippen molar-refractivity contribution < 1.29 is 14.3 Å². The topological polar surface area (TPSA) is 61.9 Å². The second-order valence-corrected chi connectivity index (χ2v) is 7.70. The molecule has 0 aromatic heterocycles. The van der Waals surface area contributed by atoms with E-state index in [1.807, 2.05) is 23.1 Å². The third kappa shape index (κ3) is 3.66. The molecule has 1 aromatic rings. The zero-order valence-electron chi connectivity index (χ0n) is 14.8. The molecule has 0 saturated carbocycles. The average Bonchev–Trinajstić information content (AvgIpc) is 2.57. The monoisotopic (exact) mass is 365 g/mol. The van der Waals surface area contributed by atoms with E-state index in [4.69, 9.17) is 16.3 Å². The molecule has 0 spiro atoms. The fraction of sp³-hybridized carbons (Fsp3) is 0.556. The van der Waals surface area contributed by atoms with E-state index in [0.717, 1.165) is 6.54 Å². The number of nitrogens with one attached hydrogen (secondary N) is 1. The van der Waals surface area contributed by atoms with Crippen molar-refractivity contribution >= 4 is 23.4 Å². The minimum atomic E-state index is -0.767. The van der Waals surface area contributed by atoms with E-state index in [0.29, 0.717) is 23.7 Å². The average molecular weight is 366 g/mol. The molecule has 6 nitrogen and oxygen atoms in total. The van der Waals surface area contributed by atoms with Crippen molar-refractivity contribution in [1.29, 1.82) is 0 Å². The molecular formula is C18H24ClN3O3. The summed E-state index contributed by atoms with van der Waals surface area (Å²) in [6, 6.07) is 6.64. The highest BCUT2D eigenvalue weighted by atomic mass is 35.5. The molecule has 2 amide bonds. The van der Waals surface area contributed by atoms with Crippen LogP contribution in [0.15, 0.2) is 24.3 Å². The van der Waals surface area contributed by atoms with Crippen LogP contribution in [-0.2, 0) is 14.3 Å². The lowest BCUT2D eigenvalue weighted by atomic mass is 9.96. The first kappa shape index (κ1) is 18.2. The predicted molar refractivity (Wildman–Crippen MR) is 95.4 cm³/mol. The van der Waals surface area contributed by atoms with Crippen molar-refractivity contribution in [3.63, 3.8) is 0 Å². The molecule has 2 saturated heterocycles. The lowest BCUT2D eigenvalue weighted by Gasteiger charge is -2.46. The van der Waals surface area contributed by atoms with Crippen molar-refractivity contribution in [1.82, 2.24) is 15.1 Å². The Labute approximate surface area is 153 Å². The molecule has 1 aromatic carbocycles. The quantitative estimate of drug-likeness (QED) is 0.861. The van der Waals surface area contributed by atoms with Gasteiger partial charge < -0.3 is 15.0 Å². The number of likely N-dealkylation sites (N-methyl/N-ethyl adjacent to an activating group) is 1. The van der Waals surface area contributed by atoms with Crippen LogP contribution in [0, 0.1) is 0 Å². The molecule has 2 atom stereocenters. The molecular weight excluding hydrogens is 342 g/mol. The summed E-state index contributed by atoms with van der Waals surface area (Å²) in [7, 11) is 2.06. The van der Waals surface area contributed by atoms with Gasteiger partial charge in [0.1, 0.15) is 6.61 Å². The van der Waals surface area contributed by atoms with E-state index in [-0.39, 0.29) is 24.0 Å². The van der Waals surface area contributed by atoms with Crippen molar-refractivity contribution in [3.05, 3.63) is 34.9 Å². The summed E-state index contributed by atoms with van der Waals surface area (Å²) in [5, 5.41) is 3.38. The fourth-order valence-electron chi connectivity index (χ4n) is 3.34. The first-order chi connectivity index (χ1) is 11.8. The summed E-state index contributed by atoms with van der Waals surface area (Å²) in [6.07, 6.45) is -0.767. The SMILES string of the molecule is CN1CCN(C(=O)[C@H]2OCC(=O)N[C@@H]2c2ccccc2Cl)CC1(C)C. The third-order valence-corrected chi connectivity index (χ3v) is 5.47. The van der Waals surface area contributed by atoms with Crippen molar-refractivity contribution in [2.24, 2.45) is 0 Å². The maximum Gasteiger partial charge on any atom is 0.254 e. The maximum atomic E-state index is 13.1. The van der Waals surface area contributed by atoms with E-state index >= 15 is 0 Å². The van der Waals surface area contributed by atoms with Crippen molar-refractivity contribution in [2.75, 3.05) is 33.3 Å². The molecule has 0 aliphatic carbocycles. The lowest BCUT2D eigenvalue weighted by Crippen LogP contribution is -2.62. The molecule has 136 valence electrons. The minimum absolute atomic E-state index is 0.105. The fourth-order valence-corrected chi connectivity index (χ4v) is 3.60. The summed E-state index contributed by atoms with van der Waals surface area (Å²) >= 11 is 6.29. The molecule has 2 fully saturated rings. The molecule has 0 radical (unpaired) electrons. The standard InChI is InChI=1S/C18H24ClN3O3/c1-18(2)11-22(9-8-21(18)3)17(24)16-15(20-14(23)10-25-16)12-6-4-5-7-13(12)19/h4-7,15-16H,8-11H2,1-3H3,(H,20,23)/t15-,16+/m1/s1. The normalized spacial score (nSPS) is 27.0. The van der Waals surface area contributed by atoms with Gasteiger partial charge in [0.15, 0.2) is 6.10 Å². The number of ether oxygens (including phenoxy) is 1. The van der Waals surface area contributed by atoms with Crippen LogP contribution in [0.25, 0.3) is 0 Å². The molecule has 0 bridgehead atoms. The lowest BCUT2D eigenvalue weighted by molar-refractivity contribution is -0.158. The van der Waals surface area contributed by atoms with Crippen LogP contribution >= 0.6 is 11.6 Å². The van der Waals surface area contributed by atoms with Crippen LogP contribution in [0.1, 0.15) is 25.5 Å². The van der Waals surface area contributed by atoms with Gasteiger partial charge in [-0.3, -0.25) is 14.5 Å². The number of rotatable bonds is 2. The summed E-state index contributed by atoms with van der Waals surface area (Å²) in [6.45, 7) is 6.17. The van der Waals surface area contributed by atoms with Gasteiger partial charge in [0.2, 0.25) is 5.91 Å². The van der Waals surface area contributed by atoms with Crippen LogP contribution in [0.4, 0.5) is 0 Å². The third-order valence-electron chi connectivity index (χ3n) is 5.13. The van der Waals surface area contributed by atoms with Gasteiger partial charge >= 0.3 is 0 Å². The number of piperazine rings is 1. The van der Waals surface area contributed by atoms with Gasteiger partial charge in [-0.15, -0.1) is 0 Å². The summed E-state index contributed by atoms with van der Waals surface area (Å²) in [4.78, 5) is 29.0. The van der Waals surface area contributed by atoms with E-state index in [1.54, 1.807) is 6.07 Å². The highest BCUT2D eigenvalue weighted by Gasteiger charge is 2.42. The molecule has 1 N–H and O–H groups in total. The smallest absolute Gasteiger partial charge is 0.254 e. The summed E-state index contributed by atoms with van der Waals surface area (Å²) in [5.74, 6) is -0.348. The maximum absolute atomic E-state index is 13.1. The van der Waals surface area contributed by atoms with Gasteiger partial charge in [-0.1, -0.05) is 29.8 Å².